The summed E-state index contributed by atoms with van der Waals surface area (Å²) in [5.41, 5.74) is 0.207. The predicted molar refractivity (Wildman–Crippen MR) is 97.2 cm³/mol. The van der Waals surface area contributed by atoms with Crippen LogP contribution in [0.25, 0.3) is 0 Å². The quantitative estimate of drug-likeness (QED) is 0.366. The third-order valence-corrected chi connectivity index (χ3v) is 3.52. The van der Waals surface area contributed by atoms with E-state index in [4.69, 9.17) is 9.47 Å². The largest absolute Gasteiger partial charge is 1.00 e. The Morgan fingerprint density at radius 1 is 1.19 bits per heavy atom. The molecule has 0 heterocycles. The number of alkyl carbamates (subject to hydrolysis) is 1. The molecule has 0 aliphatic carbocycles. The first-order valence-corrected chi connectivity index (χ1v) is 8.60. The van der Waals surface area contributed by atoms with Gasteiger partial charge in [-0.2, -0.15) is 4.39 Å². The third kappa shape index (κ3) is 10.8. The fourth-order valence-electron chi connectivity index (χ4n) is 2.05. The molecule has 1 aromatic carbocycles. The van der Waals surface area contributed by atoms with Crippen molar-refractivity contribution < 1.29 is 40.3 Å². The highest BCUT2D eigenvalue weighted by Gasteiger charge is 2.26. The molecule has 0 unspecified atom stereocenters. The second-order valence-corrected chi connectivity index (χ2v) is 7.83. The molecule has 0 bridgehead atoms. The lowest BCUT2D eigenvalue weighted by atomic mass is 10.1. The number of benzene rings is 1. The molecule has 27 heavy (non-hydrogen) atoms. The van der Waals surface area contributed by atoms with Crippen LogP contribution in [0.5, 0.6) is 0 Å². The molecule has 1 amide bonds. The van der Waals surface area contributed by atoms with E-state index in [9.17, 15) is 14.0 Å². The molecule has 1 rings (SSSR count). The average Bonchev–Trinajstić information content (AvgIpc) is 2.53. The fourth-order valence-corrected chi connectivity index (χ4v) is 2.05. The Kier molecular flexibility index (Phi) is 10.3. The molecule has 0 aliphatic heterocycles. The monoisotopic (exact) mass is 404 g/mol. The van der Waals surface area contributed by atoms with E-state index in [0.717, 1.165) is 5.56 Å². The van der Waals surface area contributed by atoms with Crippen LogP contribution in [0.1, 0.15) is 26.3 Å². The first-order chi connectivity index (χ1) is 12.0. The molecule has 8 heteroatoms. The molecule has 154 valence electrons. The number of halogens is 2. The number of carbonyl (C=O) groups excluding carboxylic acids is 2. The second kappa shape index (κ2) is 11.1. The molecule has 0 radical (unpaired) electrons. The number of carbonyl (C=O) groups is 2. The average molecular weight is 405 g/mol. The molecule has 1 N–H and O–H groups in total. The highest BCUT2D eigenvalue weighted by atomic mass is 35.5. The van der Waals surface area contributed by atoms with Crippen molar-refractivity contribution in [2.24, 2.45) is 0 Å². The maximum atomic E-state index is 12.8. The summed E-state index contributed by atoms with van der Waals surface area (Å²) in [6, 6.07) is 8.42. The zero-order chi connectivity index (χ0) is 19.8. The van der Waals surface area contributed by atoms with Gasteiger partial charge in [0.05, 0.1) is 14.1 Å². The SMILES string of the molecule is CC(C)(C)OC(=O)N[C@@H](Cc1ccccc1)C(=O)OCC[N+](C)(C)CF.[Cl-]. The van der Waals surface area contributed by atoms with E-state index in [0.29, 0.717) is 6.54 Å². The van der Waals surface area contributed by atoms with Crippen LogP contribution in [0.15, 0.2) is 30.3 Å². The third-order valence-electron chi connectivity index (χ3n) is 3.52. The minimum absolute atomic E-state index is 0. The lowest BCUT2D eigenvalue weighted by molar-refractivity contribution is -0.902. The van der Waals surface area contributed by atoms with Crippen molar-refractivity contribution in [3.05, 3.63) is 35.9 Å². The molecule has 0 saturated carbocycles. The summed E-state index contributed by atoms with van der Waals surface area (Å²) >= 11 is 0. The minimum atomic E-state index is -0.881. The number of esters is 1. The lowest BCUT2D eigenvalue weighted by Gasteiger charge is -2.26. The van der Waals surface area contributed by atoms with E-state index in [2.05, 4.69) is 5.32 Å². The van der Waals surface area contributed by atoms with Gasteiger partial charge in [-0.3, -0.25) is 4.48 Å². The van der Waals surface area contributed by atoms with Crippen molar-refractivity contribution in [2.75, 3.05) is 34.0 Å². The minimum Gasteiger partial charge on any atom is -1.00 e. The van der Waals surface area contributed by atoms with Crippen LogP contribution in [0.2, 0.25) is 0 Å². The smallest absolute Gasteiger partial charge is 0.408 e. The topological polar surface area (TPSA) is 64.6 Å². The Labute approximate surface area is 167 Å². The molecular weight excluding hydrogens is 375 g/mol. The summed E-state index contributed by atoms with van der Waals surface area (Å²) in [6.07, 6.45) is -0.407. The zero-order valence-electron chi connectivity index (χ0n) is 16.6. The van der Waals surface area contributed by atoms with E-state index in [1.807, 2.05) is 30.3 Å². The Bertz CT molecular complexity index is 591. The van der Waals surface area contributed by atoms with Crippen molar-refractivity contribution >= 4 is 12.1 Å². The molecule has 0 spiro atoms. The number of hydrogen-bond acceptors (Lipinski definition) is 4. The lowest BCUT2D eigenvalue weighted by Crippen LogP contribution is -3.00. The number of amides is 1. The number of hydrogen-bond donors (Lipinski definition) is 1. The molecular formula is C19H30ClFN2O4. The van der Waals surface area contributed by atoms with E-state index in [1.165, 1.54) is 0 Å². The van der Waals surface area contributed by atoms with Crippen molar-refractivity contribution in [1.29, 1.82) is 0 Å². The van der Waals surface area contributed by atoms with Crippen molar-refractivity contribution in [2.45, 2.75) is 38.8 Å². The van der Waals surface area contributed by atoms with Gasteiger partial charge in [0.1, 0.15) is 24.8 Å². The summed E-state index contributed by atoms with van der Waals surface area (Å²) < 4.78 is 23.4. The van der Waals surface area contributed by atoms with E-state index < -0.39 is 30.5 Å². The van der Waals surface area contributed by atoms with Gasteiger partial charge in [0, 0.05) is 6.42 Å². The van der Waals surface area contributed by atoms with Gasteiger partial charge in [0.25, 0.3) is 0 Å². The van der Waals surface area contributed by atoms with Gasteiger partial charge in [-0.15, -0.1) is 0 Å². The molecule has 0 aromatic heterocycles. The summed E-state index contributed by atoms with van der Waals surface area (Å²) in [6.45, 7) is 5.08. The van der Waals surface area contributed by atoms with Crippen molar-refractivity contribution in [1.82, 2.24) is 5.32 Å². The van der Waals surface area contributed by atoms with Gasteiger partial charge < -0.3 is 27.2 Å². The maximum Gasteiger partial charge on any atom is 0.408 e. The number of nitrogens with zero attached hydrogens (tertiary/aromatic N) is 1. The fraction of sp³-hybridized carbons (Fsp3) is 0.579. The van der Waals surface area contributed by atoms with Crippen LogP contribution in [0, 0.1) is 0 Å². The Balaban J connectivity index is 0.00000676. The molecule has 1 atom stereocenters. The van der Waals surface area contributed by atoms with Gasteiger partial charge in [0.15, 0.2) is 0 Å². The van der Waals surface area contributed by atoms with Gasteiger partial charge in [0.2, 0.25) is 6.80 Å². The summed E-state index contributed by atoms with van der Waals surface area (Å²) in [7, 11) is 3.41. The highest BCUT2D eigenvalue weighted by Crippen LogP contribution is 2.09. The predicted octanol–water partition coefficient (Wildman–Crippen LogP) is -0.327. The first kappa shape index (κ1) is 25.1. The van der Waals surface area contributed by atoms with Crippen molar-refractivity contribution in [3.63, 3.8) is 0 Å². The molecule has 0 saturated heterocycles. The molecule has 0 aliphatic rings. The van der Waals surface area contributed by atoms with Gasteiger partial charge in [-0.1, -0.05) is 30.3 Å². The number of ether oxygens (including phenoxy) is 2. The number of nitrogens with one attached hydrogen (secondary N) is 1. The van der Waals surface area contributed by atoms with E-state index in [-0.39, 0.29) is 29.9 Å². The van der Waals surface area contributed by atoms with Crippen LogP contribution in [0.3, 0.4) is 0 Å². The molecule has 0 fully saturated rings. The van der Waals surface area contributed by atoms with Crippen LogP contribution in [-0.4, -0.2) is 62.2 Å². The number of quaternary nitrogens is 1. The van der Waals surface area contributed by atoms with E-state index in [1.54, 1.807) is 34.9 Å². The van der Waals surface area contributed by atoms with Crippen LogP contribution >= 0.6 is 0 Å². The maximum absolute atomic E-state index is 12.8. The van der Waals surface area contributed by atoms with Crippen LogP contribution in [0.4, 0.5) is 9.18 Å². The van der Waals surface area contributed by atoms with Gasteiger partial charge in [-0.05, 0) is 26.3 Å². The Hall–Kier alpha value is -1.86. The zero-order valence-corrected chi connectivity index (χ0v) is 17.4. The highest BCUT2D eigenvalue weighted by molar-refractivity contribution is 5.81. The van der Waals surface area contributed by atoms with Gasteiger partial charge in [-0.25, -0.2) is 9.59 Å². The second-order valence-electron chi connectivity index (χ2n) is 7.83. The summed E-state index contributed by atoms with van der Waals surface area (Å²) in [5.74, 6) is -0.571. The number of rotatable bonds is 8. The molecule has 6 nitrogen and oxygen atoms in total. The summed E-state index contributed by atoms with van der Waals surface area (Å²) in [4.78, 5) is 24.5. The van der Waals surface area contributed by atoms with E-state index >= 15 is 0 Å². The van der Waals surface area contributed by atoms with Gasteiger partial charge >= 0.3 is 12.1 Å². The van der Waals surface area contributed by atoms with Crippen LogP contribution < -0.4 is 17.7 Å². The van der Waals surface area contributed by atoms with Crippen molar-refractivity contribution in [3.8, 4) is 0 Å². The van der Waals surface area contributed by atoms with Crippen LogP contribution in [-0.2, 0) is 20.7 Å². The standard InChI is InChI=1S/C19H29FN2O4.ClH/c1-19(2,3)26-18(24)21-16(13-15-9-7-6-8-10-15)17(23)25-12-11-22(4,5)14-20;/h6-10,16H,11-14H2,1-5H3;1H/t16-;/m0./s1. The Morgan fingerprint density at radius 2 is 1.78 bits per heavy atom. The number of likely N-dealkylation sites (N-methyl/N-ethyl adjacent to an activating group) is 1. The normalized spacial score (nSPS) is 12.5. The summed E-state index contributed by atoms with van der Waals surface area (Å²) in [5, 5.41) is 2.57. The Morgan fingerprint density at radius 3 is 2.30 bits per heavy atom. The molecule has 1 aromatic rings. The number of alkyl halides is 1. The first-order valence-electron chi connectivity index (χ1n) is 8.60.